The van der Waals surface area contributed by atoms with Gasteiger partial charge in [-0.05, 0) is 12.3 Å². The molecule has 0 radical (unpaired) electrons. The van der Waals surface area contributed by atoms with E-state index in [1.165, 1.54) is 38.5 Å². The highest BCUT2D eigenvalue weighted by atomic mass is 16.1. The Hall–Kier alpha value is -0.530. The van der Waals surface area contributed by atoms with Crippen LogP contribution in [0.25, 0.3) is 0 Å². The molecular weight excluding hydrogens is 198 g/mol. The fraction of sp³-hybridized carbons (Fsp3) is 0.929. The molecule has 0 aliphatic rings. The lowest BCUT2D eigenvalue weighted by Crippen LogP contribution is -2.23. The van der Waals surface area contributed by atoms with Gasteiger partial charge in [0.05, 0.1) is 0 Å². The fourth-order valence-electron chi connectivity index (χ4n) is 1.96. The lowest BCUT2D eigenvalue weighted by molar-refractivity contribution is -0.120. The summed E-state index contributed by atoms with van der Waals surface area (Å²) in [5.74, 6) is 1.08. The van der Waals surface area contributed by atoms with Crippen molar-refractivity contribution >= 4 is 5.91 Å². The van der Waals surface area contributed by atoms with Gasteiger partial charge in [-0.15, -0.1) is 0 Å². The Morgan fingerprint density at radius 1 is 1.06 bits per heavy atom. The van der Waals surface area contributed by atoms with Crippen LogP contribution in [0, 0.1) is 5.92 Å². The molecule has 2 heteroatoms. The fourth-order valence-corrected chi connectivity index (χ4v) is 1.96. The van der Waals surface area contributed by atoms with Crippen molar-refractivity contribution in [1.82, 2.24) is 5.32 Å². The highest BCUT2D eigenvalue weighted by Crippen LogP contribution is 2.18. The van der Waals surface area contributed by atoms with E-state index in [1.54, 1.807) is 0 Å². The zero-order valence-electron chi connectivity index (χ0n) is 11.3. The lowest BCUT2D eigenvalue weighted by atomic mass is 9.94. The summed E-state index contributed by atoms with van der Waals surface area (Å²) < 4.78 is 0. The van der Waals surface area contributed by atoms with E-state index in [0.717, 1.165) is 18.9 Å². The van der Waals surface area contributed by atoms with Gasteiger partial charge in [-0.1, -0.05) is 59.3 Å². The van der Waals surface area contributed by atoms with E-state index in [0.29, 0.717) is 6.42 Å². The van der Waals surface area contributed by atoms with Crippen molar-refractivity contribution in [3.8, 4) is 0 Å². The van der Waals surface area contributed by atoms with Crippen LogP contribution in [0.2, 0.25) is 0 Å². The minimum atomic E-state index is 0.179. The van der Waals surface area contributed by atoms with E-state index in [2.05, 4.69) is 19.2 Å². The molecule has 1 N–H and O–H groups in total. The summed E-state index contributed by atoms with van der Waals surface area (Å²) in [4.78, 5) is 11.0. The number of hydrogen-bond donors (Lipinski definition) is 1. The molecule has 0 rings (SSSR count). The summed E-state index contributed by atoms with van der Waals surface area (Å²) in [6.45, 7) is 7.30. The monoisotopic (exact) mass is 227 g/mol. The number of amides is 1. The van der Waals surface area contributed by atoms with Gasteiger partial charge < -0.3 is 5.32 Å². The third-order valence-corrected chi connectivity index (χ3v) is 3.23. The third kappa shape index (κ3) is 8.75. The zero-order valence-corrected chi connectivity index (χ0v) is 11.3. The van der Waals surface area contributed by atoms with Crippen molar-refractivity contribution in [2.24, 2.45) is 5.92 Å². The molecule has 2 nitrogen and oxygen atoms in total. The molecule has 0 aliphatic heterocycles. The van der Waals surface area contributed by atoms with Crippen LogP contribution < -0.4 is 5.32 Å². The quantitative estimate of drug-likeness (QED) is 0.563. The number of hydrogen-bond acceptors (Lipinski definition) is 1. The molecule has 1 amide bonds. The SMILES string of the molecule is CCCCC(CC)CCCCNC(=O)CC. The Balaban J connectivity index is 3.37. The van der Waals surface area contributed by atoms with E-state index in [1.807, 2.05) is 6.92 Å². The number of carbonyl (C=O) groups is 1. The van der Waals surface area contributed by atoms with Crippen LogP contribution in [0.1, 0.15) is 72.1 Å². The van der Waals surface area contributed by atoms with E-state index in [9.17, 15) is 4.79 Å². The second-order valence-corrected chi connectivity index (χ2v) is 4.62. The molecule has 16 heavy (non-hydrogen) atoms. The molecule has 0 aromatic heterocycles. The normalized spacial score (nSPS) is 12.4. The van der Waals surface area contributed by atoms with Crippen molar-refractivity contribution in [2.75, 3.05) is 6.54 Å². The predicted molar refractivity (Wildman–Crippen MR) is 70.5 cm³/mol. The molecule has 0 saturated heterocycles. The summed E-state index contributed by atoms with van der Waals surface area (Å²) in [7, 11) is 0. The molecule has 1 atom stereocenters. The van der Waals surface area contributed by atoms with Gasteiger partial charge in [0, 0.05) is 13.0 Å². The molecule has 0 aromatic carbocycles. The largest absolute Gasteiger partial charge is 0.356 e. The van der Waals surface area contributed by atoms with Gasteiger partial charge in [-0.25, -0.2) is 0 Å². The van der Waals surface area contributed by atoms with Gasteiger partial charge in [0.1, 0.15) is 0 Å². The number of unbranched alkanes of at least 4 members (excludes halogenated alkanes) is 2. The van der Waals surface area contributed by atoms with Crippen molar-refractivity contribution in [3.05, 3.63) is 0 Å². The Kier molecular flexibility index (Phi) is 10.6. The third-order valence-electron chi connectivity index (χ3n) is 3.23. The molecule has 0 saturated carbocycles. The number of rotatable bonds is 10. The van der Waals surface area contributed by atoms with Crippen LogP contribution in [0.15, 0.2) is 0 Å². The van der Waals surface area contributed by atoms with Gasteiger partial charge in [0.15, 0.2) is 0 Å². The number of carbonyl (C=O) groups excluding carboxylic acids is 1. The summed E-state index contributed by atoms with van der Waals surface area (Å²) in [5.41, 5.74) is 0. The Morgan fingerprint density at radius 3 is 2.31 bits per heavy atom. The van der Waals surface area contributed by atoms with Crippen molar-refractivity contribution in [2.45, 2.75) is 72.1 Å². The summed E-state index contributed by atoms with van der Waals surface area (Å²) in [6, 6.07) is 0. The number of nitrogens with one attached hydrogen (secondary N) is 1. The highest BCUT2D eigenvalue weighted by molar-refractivity contribution is 5.75. The average molecular weight is 227 g/mol. The molecule has 0 heterocycles. The van der Waals surface area contributed by atoms with Crippen molar-refractivity contribution < 1.29 is 4.79 Å². The molecule has 0 spiro atoms. The van der Waals surface area contributed by atoms with Crippen LogP contribution in [0.4, 0.5) is 0 Å². The maximum Gasteiger partial charge on any atom is 0.219 e. The summed E-state index contributed by atoms with van der Waals surface area (Å²) in [6.07, 6.45) is 9.69. The van der Waals surface area contributed by atoms with E-state index in [-0.39, 0.29) is 5.91 Å². The highest BCUT2D eigenvalue weighted by Gasteiger charge is 2.05. The van der Waals surface area contributed by atoms with Gasteiger partial charge in [0.2, 0.25) is 5.91 Å². The van der Waals surface area contributed by atoms with Crippen LogP contribution in [0.5, 0.6) is 0 Å². The van der Waals surface area contributed by atoms with Gasteiger partial charge in [0.25, 0.3) is 0 Å². The van der Waals surface area contributed by atoms with Crippen molar-refractivity contribution in [1.29, 1.82) is 0 Å². The second-order valence-electron chi connectivity index (χ2n) is 4.62. The maximum absolute atomic E-state index is 11.0. The summed E-state index contributed by atoms with van der Waals surface area (Å²) in [5, 5.41) is 2.93. The molecule has 96 valence electrons. The molecule has 0 aromatic rings. The van der Waals surface area contributed by atoms with Crippen LogP contribution in [-0.4, -0.2) is 12.5 Å². The molecular formula is C14H29NO. The Labute approximate surface area is 101 Å². The molecule has 0 bridgehead atoms. The molecule has 1 unspecified atom stereocenters. The van der Waals surface area contributed by atoms with E-state index in [4.69, 9.17) is 0 Å². The second kappa shape index (κ2) is 11.0. The first kappa shape index (κ1) is 15.5. The Morgan fingerprint density at radius 2 is 1.75 bits per heavy atom. The Bertz CT molecular complexity index is 168. The average Bonchev–Trinajstić information content (AvgIpc) is 2.32. The van der Waals surface area contributed by atoms with Crippen LogP contribution in [0.3, 0.4) is 0 Å². The minimum Gasteiger partial charge on any atom is -0.356 e. The van der Waals surface area contributed by atoms with Crippen LogP contribution in [-0.2, 0) is 4.79 Å². The van der Waals surface area contributed by atoms with Gasteiger partial charge >= 0.3 is 0 Å². The molecule has 0 fully saturated rings. The first-order chi connectivity index (χ1) is 7.74. The molecule has 0 aliphatic carbocycles. The van der Waals surface area contributed by atoms with Gasteiger partial charge in [-0.2, -0.15) is 0 Å². The van der Waals surface area contributed by atoms with Crippen molar-refractivity contribution in [3.63, 3.8) is 0 Å². The predicted octanol–water partition coefficient (Wildman–Crippen LogP) is 3.90. The lowest BCUT2D eigenvalue weighted by Gasteiger charge is -2.13. The topological polar surface area (TPSA) is 29.1 Å². The summed E-state index contributed by atoms with van der Waals surface area (Å²) >= 11 is 0. The van der Waals surface area contributed by atoms with E-state index < -0.39 is 0 Å². The van der Waals surface area contributed by atoms with E-state index >= 15 is 0 Å². The van der Waals surface area contributed by atoms with Crippen LogP contribution >= 0.6 is 0 Å². The zero-order chi connectivity index (χ0) is 12.2. The smallest absolute Gasteiger partial charge is 0.219 e. The van der Waals surface area contributed by atoms with Gasteiger partial charge in [-0.3, -0.25) is 4.79 Å². The first-order valence-electron chi connectivity index (χ1n) is 7.01. The standard InChI is InChI=1S/C14H29NO/c1-4-7-10-13(5-2)11-8-9-12-15-14(16)6-3/h13H,4-12H2,1-3H3,(H,15,16). The maximum atomic E-state index is 11.0. The first-order valence-corrected chi connectivity index (χ1v) is 7.01. The minimum absolute atomic E-state index is 0.179.